The first-order valence-electron chi connectivity index (χ1n) is 14.4. The van der Waals surface area contributed by atoms with E-state index in [9.17, 15) is 24.6 Å². The van der Waals surface area contributed by atoms with E-state index in [1.807, 2.05) is 38.2 Å². The summed E-state index contributed by atoms with van der Waals surface area (Å²) in [6, 6.07) is 12.5. The van der Waals surface area contributed by atoms with E-state index in [2.05, 4.69) is 15.6 Å². The van der Waals surface area contributed by atoms with Gasteiger partial charge in [0.15, 0.2) is 13.9 Å². The second kappa shape index (κ2) is 12.1. The Bertz CT molecular complexity index is 1490. The number of carbonyl (C=O) groups excluding carboxylic acids is 2. The molecule has 1 aromatic heterocycles. The van der Waals surface area contributed by atoms with Crippen molar-refractivity contribution < 1.29 is 29.3 Å². The van der Waals surface area contributed by atoms with Gasteiger partial charge in [0.2, 0.25) is 0 Å². The molecule has 3 heterocycles. The van der Waals surface area contributed by atoms with Crippen LogP contribution in [0.1, 0.15) is 37.1 Å². The maximum absolute atomic E-state index is 14.5. The second-order valence-electron chi connectivity index (χ2n) is 12.0. The number of aryl methyl sites for hydroxylation is 1. The van der Waals surface area contributed by atoms with Gasteiger partial charge in [-0.05, 0) is 62.3 Å². The molecular weight excluding hydrogens is 590 g/mol. The van der Waals surface area contributed by atoms with E-state index < -0.39 is 32.0 Å². The van der Waals surface area contributed by atoms with E-state index in [0.717, 1.165) is 5.56 Å². The highest BCUT2D eigenvalue weighted by Crippen LogP contribution is 2.60. The van der Waals surface area contributed by atoms with Crippen LogP contribution in [-0.4, -0.2) is 68.9 Å². The van der Waals surface area contributed by atoms with E-state index >= 15 is 0 Å². The van der Waals surface area contributed by atoms with Gasteiger partial charge in [-0.15, -0.1) is 5.10 Å². The van der Waals surface area contributed by atoms with E-state index in [-0.39, 0.29) is 30.5 Å². The SMILES string of the molecule is C[C@H](O)C(=O)Nc1ccc(CN2C(=O)[C@]3(O[C@H](CCn4cc(CCO)nn4)[C@@H]([Si](C)(C)O)[C@@H]3C)c3cc(Cl)ccc32)cc1. The molecule has 4 N–H and O–H groups in total. The average molecular weight is 628 g/mol. The largest absolute Gasteiger partial charge is 0.432 e. The highest BCUT2D eigenvalue weighted by molar-refractivity contribution is 6.71. The van der Waals surface area contributed by atoms with Crippen LogP contribution in [0.25, 0.3) is 0 Å². The van der Waals surface area contributed by atoms with Crippen LogP contribution in [0.15, 0.2) is 48.7 Å². The normalized spacial score (nSPS) is 24.0. The van der Waals surface area contributed by atoms with Crippen molar-refractivity contribution in [2.75, 3.05) is 16.8 Å². The summed E-state index contributed by atoms with van der Waals surface area (Å²) in [6.45, 7) is 7.87. The monoisotopic (exact) mass is 627 g/mol. The number of nitrogens with zero attached hydrogens (tertiary/aromatic N) is 4. The molecule has 2 amide bonds. The maximum atomic E-state index is 14.5. The molecule has 0 aliphatic carbocycles. The lowest BCUT2D eigenvalue weighted by Gasteiger charge is -2.32. The number of hydrogen-bond acceptors (Lipinski definition) is 8. The molecule has 1 saturated heterocycles. The van der Waals surface area contributed by atoms with Crippen molar-refractivity contribution in [3.8, 4) is 0 Å². The predicted molar refractivity (Wildman–Crippen MR) is 164 cm³/mol. The second-order valence-corrected chi connectivity index (χ2v) is 16.4. The molecule has 5 atom stereocenters. The third kappa shape index (κ3) is 6.00. The summed E-state index contributed by atoms with van der Waals surface area (Å²) in [5.41, 5.74) is 1.89. The third-order valence-electron chi connectivity index (χ3n) is 8.48. The van der Waals surface area contributed by atoms with Crippen molar-refractivity contribution in [3.05, 3.63) is 70.5 Å². The molecular formula is C30H38ClN5O6Si. The summed E-state index contributed by atoms with van der Waals surface area (Å²) in [5.74, 6) is -1.05. The smallest absolute Gasteiger partial charge is 0.264 e. The number of benzene rings is 2. The minimum atomic E-state index is -2.84. The van der Waals surface area contributed by atoms with Gasteiger partial charge in [0.05, 0.1) is 24.0 Å². The topological polar surface area (TPSA) is 150 Å². The molecule has 0 unspecified atom stereocenters. The Morgan fingerprint density at radius 2 is 1.95 bits per heavy atom. The summed E-state index contributed by atoms with van der Waals surface area (Å²) in [7, 11) is -2.84. The van der Waals surface area contributed by atoms with Gasteiger partial charge < -0.3 is 30.0 Å². The number of aliphatic hydroxyl groups excluding tert-OH is 2. The number of aliphatic hydroxyl groups is 2. The van der Waals surface area contributed by atoms with Crippen molar-refractivity contribution in [1.29, 1.82) is 0 Å². The molecule has 43 heavy (non-hydrogen) atoms. The van der Waals surface area contributed by atoms with E-state index in [1.54, 1.807) is 40.0 Å². The molecule has 2 aliphatic heterocycles. The van der Waals surface area contributed by atoms with E-state index in [4.69, 9.17) is 16.3 Å². The molecule has 0 saturated carbocycles. The van der Waals surface area contributed by atoms with Crippen LogP contribution in [0.2, 0.25) is 23.7 Å². The van der Waals surface area contributed by atoms with Gasteiger partial charge in [-0.25, -0.2) is 0 Å². The average Bonchev–Trinajstić information content (AvgIpc) is 3.58. The number of halogens is 1. The molecule has 5 rings (SSSR count). The fourth-order valence-electron chi connectivity index (χ4n) is 6.54. The number of amides is 2. The van der Waals surface area contributed by atoms with Gasteiger partial charge in [0, 0.05) is 53.5 Å². The van der Waals surface area contributed by atoms with Crippen molar-refractivity contribution in [2.24, 2.45) is 5.92 Å². The van der Waals surface area contributed by atoms with Gasteiger partial charge in [-0.3, -0.25) is 14.3 Å². The summed E-state index contributed by atoms with van der Waals surface area (Å²) < 4.78 is 8.54. The van der Waals surface area contributed by atoms with Crippen LogP contribution in [0.3, 0.4) is 0 Å². The number of rotatable bonds is 10. The Kier molecular flexibility index (Phi) is 8.81. The quantitative estimate of drug-likeness (QED) is 0.250. The number of ether oxygens (including phenoxy) is 1. The summed E-state index contributed by atoms with van der Waals surface area (Å²) in [5, 5.41) is 30.1. The number of nitrogens with one attached hydrogen (secondary N) is 1. The summed E-state index contributed by atoms with van der Waals surface area (Å²) in [6.07, 6.45) is 1.17. The van der Waals surface area contributed by atoms with Gasteiger partial charge in [0.25, 0.3) is 11.8 Å². The number of carbonyl (C=O) groups is 2. The number of aromatic nitrogens is 3. The minimum absolute atomic E-state index is 0.0128. The Hall–Kier alpha value is -3.13. The first-order valence-corrected chi connectivity index (χ1v) is 17.8. The molecule has 0 radical (unpaired) electrons. The molecule has 0 bridgehead atoms. The Morgan fingerprint density at radius 3 is 2.60 bits per heavy atom. The Morgan fingerprint density at radius 1 is 1.23 bits per heavy atom. The van der Waals surface area contributed by atoms with Crippen LogP contribution >= 0.6 is 11.6 Å². The van der Waals surface area contributed by atoms with E-state index in [1.165, 1.54) is 6.92 Å². The standard InChI is InChI=1S/C30H38ClN5O6Si/c1-18-27(43(3,4)41)26(11-13-35-17-23(12-14-37)33-34-35)42-30(18)24-15-21(31)7-10-25(24)36(29(30)40)16-20-5-8-22(9-6-20)32-28(39)19(2)38/h5-10,15,17-19,26-27,37-38,41H,11-14,16H2,1-4H3,(H,32,39)/t18-,19-,26+,27-,30+/m0/s1. The summed E-state index contributed by atoms with van der Waals surface area (Å²) >= 11 is 6.49. The van der Waals surface area contributed by atoms with Gasteiger partial charge >= 0.3 is 0 Å². The first-order chi connectivity index (χ1) is 20.3. The van der Waals surface area contributed by atoms with Crippen molar-refractivity contribution in [1.82, 2.24) is 15.0 Å². The maximum Gasteiger partial charge on any atom is 0.264 e. The fourth-order valence-corrected chi connectivity index (χ4v) is 9.31. The Balaban J connectivity index is 1.44. The zero-order chi connectivity index (χ0) is 31.1. The van der Waals surface area contributed by atoms with Gasteiger partial charge in [-0.2, -0.15) is 0 Å². The molecule has 2 aromatic carbocycles. The van der Waals surface area contributed by atoms with Crippen molar-refractivity contribution >= 4 is 43.1 Å². The number of anilines is 2. The van der Waals surface area contributed by atoms with Gasteiger partial charge in [0.1, 0.15) is 6.10 Å². The predicted octanol–water partition coefficient (Wildman–Crippen LogP) is 3.22. The lowest BCUT2D eigenvalue weighted by Crippen LogP contribution is -2.46. The van der Waals surface area contributed by atoms with Crippen LogP contribution < -0.4 is 10.2 Å². The van der Waals surface area contributed by atoms with Crippen molar-refractivity contribution in [2.45, 2.75) is 76.2 Å². The highest BCUT2D eigenvalue weighted by atomic mass is 35.5. The molecule has 1 spiro atoms. The molecule has 2 aliphatic rings. The summed E-state index contributed by atoms with van der Waals surface area (Å²) in [4.78, 5) is 39.6. The number of fused-ring (bicyclic) bond motifs is 2. The molecule has 3 aromatic rings. The lowest BCUT2D eigenvalue weighted by molar-refractivity contribution is -0.146. The number of hydrogen-bond donors (Lipinski definition) is 4. The van der Waals surface area contributed by atoms with Crippen LogP contribution in [-0.2, 0) is 39.4 Å². The minimum Gasteiger partial charge on any atom is -0.432 e. The van der Waals surface area contributed by atoms with Crippen LogP contribution in [0.5, 0.6) is 0 Å². The zero-order valence-electron chi connectivity index (χ0n) is 24.7. The zero-order valence-corrected chi connectivity index (χ0v) is 26.5. The van der Waals surface area contributed by atoms with Crippen LogP contribution in [0.4, 0.5) is 11.4 Å². The van der Waals surface area contributed by atoms with E-state index in [0.29, 0.717) is 47.0 Å². The van der Waals surface area contributed by atoms with Gasteiger partial charge in [-0.1, -0.05) is 35.9 Å². The molecule has 1 fully saturated rings. The Labute approximate surface area is 256 Å². The molecule has 13 heteroatoms. The highest BCUT2D eigenvalue weighted by Gasteiger charge is 2.66. The first kappa shape index (κ1) is 31.3. The van der Waals surface area contributed by atoms with Crippen molar-refractivity contribution in [3.63, 3.8) is 0 Å². The van der Waals surface area contributed by atoms with Crippen LogP contribution in [0, 0.1) is 5.92 Å². The fraction of sp³-hybridized carbons (Fsp3) is 0.467. The lowest BCUT2D eigenvalue weighted by atomic mass is 9.82. The molecule has 11 nitrogen and oxygen atoms in total. The third-order valence-corrected chi connectivity index (χ3v) is 11.2. The molecule has 230 valence electrons.